The number of hydrogen-bond donors (Lipinski definition) is 1. The molecular weight excluding hydrogens is 270 g/mol. The number of aromatic nitrogens is 8. The summed E-state index contributed by atoms with van der Waals surface area (Å²) in [6.07, 6.45) is 6.59. The Kier molecular flexibility index (Phi) is 3.54. The van der Waals surface area contributed by atoms with E-state index in [1.807, 2.05) is 24.6 Å². The summed E-state index contributed by atoms with van der Waals surface area (Å²) in [5.41, 5.74) is 0. The molecule has 3 heterocycles. The second kappa shape index (κ2) is 5.65. The molecule has 0 aliphatic rings. The molecule has 0 amide bonds. The number of anilines is 1. The van der Waals surface area contributed by atoms with Crippen molar-refractivity contribution in [3.8, 4) is 17.6 Å². The van der Waals surface area contributed by atoms with Crippen LogP contribution in [0.5, 0.6) is 0 Å². The molecule has 0 aromatic carbocycles. The van der Waals surface area contributed by atoms with Crippen LogP contribution in [0, 0.1) is 0 Å². The molecule has 9 heteroatoms. The smallest absolute Gasteiger partial charge is 0.257 e. The number of nitrogens with zero attached hydrogens (tertiary/aromatic N) is 8. The van der Waals surface area contributed by atoms with E-state index in [0.29, 0.717) is 30.1 Å². The van der Waals surface area contributed by atoms with Gasteiger partial charge in [0.15, 0.2) is 5.82 Å². The maximum absolute atomic E-state index is 4.42. The van der Waals surface area contributed by atoms with Gasteiger partial charge >= 0.3 is 0 Å². The predicted octanol–water partition coefficient (Wildman–Crippen LogP) is 0.767. The molecule has 0 atom stereocenters. The number of hydrogen-bond acceptors (Lipinski definition) is 7. The summed E-state index contributed by atoms with van der Waals surface area (Å²) in [6.45, 7) is 5.51. The van der Waals surface area contributed by atoms with Gasteiger partial charge in [0.1, 0.15) is 12.7 Å². The number of nitrogens with one attached hydrogen (secondary N) is 1. The van der Waals surface area contributed by atoms with E-state index in [1.54, 1.807) is 12.5 Å². The van der Waals surface area contributed by atoms with Crippen molar-refractivity contribution in [2.24, 2.45) is 0 Å². The molecule has 0 saturated heterocycles. The van der Waals surface area contributed by atoms with E-state index in [-0.39, 0.29) is 0 Å². The first-order valence-electron chi connectivity index (χ1n) is 6.68. The quantitative estimate of drug-likeness (QED) is 0.739. The van der Waals surface area contributed by atoms with Crippen molar-refractivity contribution in [3.05, 3.63) is 25.0 Å². The SMILES string of the molecule is CCNc1nc(-c2nccn2CC)nc(-n2cncn2)n1. The minimum absolute atomic E-state index is 0.402. The van der Waals surface area contributed by atoms with Crippen LogP contribution in [-0.4, -0.2) is 45.8 Å². The van der Waals surface area contributed by atoms with Crippen LogP contribution in [0.2, 0.25) is 0 Å². The highest BCUT2D eigenvalue weighted by Crippen LogP contribution is 2.15. The molecular formula is C12H15N9. The maximum Gasteiger partial charge on any atom is 0.257 e. The first-order chi connectivity index (χ1) is 10.3. The third kappa shape index (κ3) is 2.57. The van der Waals surface area contributed by atoms with Crippen LogP contribution in [0.3, 0.4) is 0 Å². The van der Waals surface area contributed by atoms with Gasteiger partial charge in [-0.3, -0.25) is 0 Å². The third-order valence-corrected chi connectivity index (χ3v) is 2.84. The first-order valence-corrected chi connectivity index (χ1v) is 6.68. The zero-order chi connectivity index (χ0) is 14.7. The molecule has 3 aromatic heterocycles. The molecule has 3 aromatic rings. The lowest BCUT2D eigenvalue weighted by Gasteiger charge is -2.08. The summed E-state index contributed by atoms with van der Waals surface area (Å²) in [5.74, 6) is 2.08. The van der Waals surface area contributed by atoms with Crippen molar-refractivity contribution in [1.29, 1.82) is 0 Å². The van der Waals surface area contributed by atoms with Gasteiger partial charge in [0, 0.05) is 25.5 Å². The molecule has 3 rings (SSSR count). The number of imidazole rings is 1. The predicted molar refractivity (Wildman–Crippen MR) is 75.8 cm³/mol. The molecule has 0 fully saturated rings. The van der Waals surface area contributed by atoms with Crippen molar-refractivity contribution >= 4 is 5.95 Å². The molecule has 0 aliphatic heterocycles. The summed E-state index contributed by atoms with van der Waals surface area (Å²) in [6, 6.07) is 0. The van der Waals surface area contributed by atoms with Crippen LogP contribution in [0.25, 0.3) is 17.6 Å². The Balaban J connectivity index is 2.11. The van der Waals surface area contributed by atoms with E-state index in [2.05, 4.69) is 35.3 Å². The van der Waals surface area contributed by atoms with Crippen molar-refractivity contribution in [2.45, 2.75) is 20.4 Å². The standard InChI is InChI=1S/C12H15N9/c1-3-14-11-17-9(10-15-5-6-20(10)4-2)18-12(19-11)21-8-13-7-16-21/h5-8H,3-4H2,1-2H3,(H,14,17,18,19). The van der Waals surface area contributed by atoms with Crippen LogP contribution >= 0.6 is 0 Å². The molecule has 108 valence electrons. The highest BCUT2D eigenvalue weighted by molar-refractivity contribution is 5.48. The van der Waals surface area contributed by atoms with Gasteiger partial charge in [-0.1, -0.05) is 0 Å². The summed E-state index contributed by atoms with van der Waals surface area (Å²) < 4.78 is 3.46. The maximum atomic E-state index is 4.42. The van der Waals surface area contributed by atoms with E-state index in [4.69, 9.17) is 0 Å². The zero-order valence-corrected chi connectivity index (χ0v) is 11.8. The fraction of sp³-hybridized carbons (Fsp3) is 0.333. The molecule has 21 heavy (non-hydrogen) atoms. The topological polar surface area (TPSA) is 99.2 Å². The van der Waals surface area contributed by atoms with E-state index in [0.717, 1.165) is 6.54 Å². The Bertz CT molecular complexity index is 716. The van der Waals surface area contributed by atoms with Gasteiger partial charge in [0.2, 0.25) is 11.8 Å². The Hall–Kier alpha value is -2.84. The second-order valence-electron chi connectivity index (χ2n) is 4.19. The van der Waals surface area contributed by atoms with E-state index in [1.165, 1.54) is 11.0 Å². The Morgan fingerprint density at radius 2 is 2.10 bits per heavy atom. The van der Waals surface area contributed by atoms with Crippen molar-refractivity contribution in [2.75, 3.05) is 11.9 Å². The van der Waals surface area contributed by atoms with Gasteiger partial charge in [0.05, 0.1) is 0 Å². The van der Waals surface area contributed by atoms with E-state index < -0.39 is 0 Å². The highest BCUT2D eigenvalue weighted by Gasteiger charge is 2.13. The van der Waals surface area contributed by atoms with Gasteiger partial charge in [-0.05, 0) is 13.8 Å². The van der Waals surface area contributed by atoms with E-state index in [9.17, 15) is 0 Å². The summed E-state index contributed by atoms with van der Waals surface area (Å²) in [4.78, 5) is 21.4. The van der Waals surface area contributed by atoms with Gasteiger partial charge in [-0.15, -0.1) is 0 Å². The molecule has 0 unspecified atom stereocenters. The second-order valence-corrected chi connectivity index (χ2v) is 4.19. The van der Waals surface area contributed by atoms with Crippen LogP contribution in [-0.2, 0) is 6.54 Å². The van der Waals surface area contributed by atoms with Crippen molar-refractivity contribution in [1.82, 2.24) is 39.3 Å². The summed E-state index contributed by atoms with van der Waals surface area (Å²) >= 11 is 0. The Labute approximate surface area is 121 Å². The summed E-state index contributed by atoms with van der Waals surface area (Å²) in [5, 5.41) is 7.14. The van der Waals surface area contributed by atoms with E-state index >= 15 is 0 Å². The summed E-state index contributed by atoms with van der Waals surface area (Å²) in [7, 11) is 0. The van der Waals surface area contributed by atoms with Crippen molar-refractivity contribution < 1.29 is 0 Å². The zero-order valence-electron chi connectivity index (χ0n) is 11.8. The van der Waals surface area contributed by atoms with Gasteiger partial charge < -0.3 is 9.88 Å². The molecule has 0 aliphatic carbocycles. The Morgan fingerprint density at radius 1 is 1.19 bits per heavy atom. The van der Waals surface area contributed by atoms with Gasteiger partial charge in [-0.2, -0.15) is 24.7 Å². The van der Waals surface area contributed by atoms with Crippen LogP contribution < -0.4 is 5.32 Å². The fourth-order valence-corrected chi connectivity index (χ4v) is 1.89. The minimum Gasteiger partial charge on any atom is -0.354 e. The van der Waals surface area contributed by atoms with Gasteiger partial charge in [0.25, 0.3) is 5.95 Å². The highest BCUT2D eigenvalue weighted by atomic mass is 15.4. The van der Waals surface area contributed by atoms with Crippen LogP contribution in [0.4, 0.5) is 5.95 Å². The molecule has 1 N–H and O–H groups in total. The molecule has 0 radical (unpaired) electrons. The fourth-order valence-electron chi connectivity index (χ4n) is 1.89. The van der Waals surface area contributed by atoms with Gasteiger partial charge in [-0.25, -0.2) is 9.97 Å². The number of aryl methyl sites for hydroxylation is 1. The molecule has 0 bridgehead atoms. The normalized spacial score (nSPS) is 10.8. The Morgan fingerprint density at radius 3 is 2.81 bits per heavy atom. The molecule has 0 spiro atoms. The minimum atomic E-state index is 0.402. The lowest BCUT2D eigenvalue weighted by molar-refractivity contribution is 0.753. The number of rotatable bonds is 5. The largest absolute Gasteiger partial charge is 0.354 e. The van der Waals surface area contributed by atoms with Crippen molar-refractivity contribution in [3.63, 3.8) is 0 Å². The van der Waals surface area contributed by atoms with Crippen LogP contribution in [0.1, 0.15) is 13.8 Å². The average Bonchev–Trinajstić information content (AvgIpc) is 3.18. The monoisotopic (exact) mass is 285 g/mol. The lowest BCUT2D eigenvalue weighted by atomic mass is 10.5. The lowest BCUT2D eigenvalue weighted by Crippen LogP contribution is -2.11. The molecule has 0 saturated carbocycles. The molecule has 9 nitrogen and oxygen atoms in total. The first kappa shape index (κ1) is 13.2. The van der Waals surface area contributed by atoms with Crippen LogP contribution in [0.15, 0.2) is 25.0 Å². The average molecular weight is 285 g/mol. The third-order valence-electron chi connectivity index (χ3n) is 2.84.